The van der Waals surface area contributed by atoms with Gasteiger partial charge in [-0.3, -0.25) is 9.59 Å². The molecule has 0 spiro atoms. The molecule has 6 heteroatoms. The molecule has 0 aromatic rings. The highest BCUT2D eigenvalue weighted by Gasteiger charge is 2.22. The largest absolute Gasteiger partial charge is 0.281 e. The molecule has 0 bridgehead atoms. The van der Waals surface area contributed by atoms with Crippen molar-refractivity contribution in [3.8, 4) is 0 Å². The molecular weight excluding hydrogens is 275 g/mol. The normalized spacial score (nSPS) is 13.0. The van der Waals surface area contributed by atoms with Gasteiger partial charge in [-0.2, -0.15) is 10.2 Å². The van der Waals surface area contributed by atoms with Crippen LogP contribution in [0.5, 0.6) is 0 Å². The Kier molecular flexibility index (Phi) is 7.00. The van der Waals surface area contributed by atoms with Crippen molar-refractivity contribution in [2.75, 3.05) is 0 Å². The molecule has 0 aromatic carbocycles. The molecule has 4 nitrogen and oxygen atoms in total. The van der Waals surface area contributed by atoms with E-state index in [2.05, 4.69) is 10.2 Å². The zero-order chi connectivity index (χ0) is 14.4. The molecule has 0 saturated heterocycles. The summed E-state index contributed by atoms with van der Waals surface area (Å²) in [5.74, 6) is 0. The van der Waals surface area contributed by atoms with Crippen LogP contribution in [0, 0.1) is 0 Å². The minimum absolute atomic E-state index is 0.272. The first-order chi connectivity index (χ1) is 8.04. The maximum Gasteiger partial charge on any atom is 0.221 e. The predicted octanol–water partition coefficient (Wildman–Crippen LogP) is 4.09. The maximum atomic E-state index is 10.7. The summed E-state index contributed by atoms with van der Waals surface area (Å²) in [4.78, 5) is 21.4. The Hall–Kier alpha value is -0.480. The zero-order valence-corrected chi connectivity index (χ0v) is 12.8. The van der Waals surface area contributed by atoms with E-state index in [0.29, 0.717) is 12.8 Å². The molecule has 0 aromatic heterocycles. The smallest absolute Gasteiger partial charge is 0.221 e. The molecule has 104 valence electrons. The van der Waals surface area contributed by atoms with E-state index < -0.39 is 11.1 Å². The number of carbonyl (C=O) groups excluding carboxylic acids is 2. The number of halogens is 2. The second-order valence-corrected chi connectivity index (χ2v) is 6.38. The van der Waals surface area contributed by atoms with Gasteiger partial charge in [-0.25, -0.2) is 0 Å². The van der Waals surface area contributed by atoms with Crippen molar-refractivity contribution in [2.45, 2.75) is 64.5 Å². The van der Waals surface area contributed by atoms with E-state index in [0.717, 1.165) is 0 Å². The second-order valence-electron chi connectivity index (χ2n) is 5.54. The Morgan fingerprint density at radius 1 is 0.833 bits per heavy atom. The van der Waals surface area contributed by atoms with Gasteiger partial charge in [-0.1, -0.05) is 0 Å². The topological polar surface area (TPSA) is 58.9 Å². The van der Waals surface area contributed by atoms with E-state index in [4.69, 9.17) is 23.2 Å². The maximum absolute atomic E-state index is 10.7. The summed E-state index contributed by atoms with van der Waals surface area (Å²) in [6, 6.07) is 0. The Morgan fingerprint density at radius 3 is 1.33 bits per heavy atom. The lowest BCUT2D eigenvalue weighted by Crippen LogP contribution is -2.22. The van der Waals surface area contributed by atoms with Gasteiger partial charge in [0.2, 0.25) is 10.5 Å². The number of rotatable bonds is 8. The van der Waals surface area contributed by atoms with Crippen LogP contribution in [0.15, 0.2) is 10.2 Å². The van der Waals surface area contributed by atoms with Crippen molar-refractivity contribution in [1.82, 2.24) is 0 Å². The summed E-state index contributed by atoms with van der Waals surface area (Å²) in [5.41, 5.74) is -0.875. The van der Waals surface area contributed by atoms with Crippen molar-refractivity contribution in [3.63, 3.8) is 0 Å². The van der Waals surface area contributed by atoms with Crippen molar-refractivity contribution >= 4 is 33.7 Å². The Morgan fingerprint density at radius 2 is 1.11 bits per heavy atom. The third-order valence-electron chi connectivity index (χ3n) is 2.46. The molecular formula is C12H20Cl2N2O2. The first kappa shape index (κ1) is 17.5. The van der Waals surface area contributed by atoms with Gasteiger partial charge in [0.25, 0.3) is 0 Å². The molecule has 0 aliphatic rings. The van der Waals surface area contributed by atoms with E-state index in [9.17, 15) is 9.59 Å². The summed E-state index contributed by atoms with van der Waals surface area (Å²) in [5, 5.41) is 7.73. The number of carbonyl (C=O) groups is 2. The SMILES string of the molecule is CC(C)(CCC(=O)Cl)N=NC(C)(C)CCC(=O)Cl. The lowest BCUT2D eigenvalue weighted by molar-refractivity contribution is -0.112. The molecule has 0 N–H and O–H groups in total. The third-order valence-corrected chi connectivity index (χ3v) is 2.84. The summed E-state index contributed by atoms with van der Waals surface area (Å²) in [7, 11) is 0. The highest BCUT2D eigenvalue weighted by Crippen LogP contribution is 2.23. The highest BCUT2D eigenvalue weighted by atomic mass is 35.5. The van der Waals surface area contributed by atoms with Crippen LogP contribution in [0.1, 0.15) is 53.4 Å². The standard InChI is InChI=1S/C12H20Cl2N2O2/c1-11(2,7-5-9(13)17)15-16-12(3,4)8-6-10(14)18/h5-8H2,1-4H3. The van der Waals surface area contributed by atoms with Gasteiger partial charge in [0.05, 0.1) is 11.1 Å². The molecule has 0 atom stereocenters. The van der Waals surface area contributed by atoms with Crippen LogP contribution in [0.3, 0.4) is 0 Å². The Bertz CT molecular complexity index is 307. The van der Waals surface area contributed by atoms with Crippen LogP contribution in [-0.2, 0) is 9.59 Å². The minimum atomic E-state index is -0.438. The van der Waals surface area contributed by atoms with Crippen LogP contribution in [-0.4, -0.2) is 21.6 Å². The quantitative estimate of drug-likeness (QED) is 0.500. The molecule has 0 unspecified atom stereocenters. The van der Waals surface area contributed by atoms with Gasteiger partial charge in [-0.15, -0.1) is 0 Å². The molecule has 0 heterocycles. The van der Waals surface area contributed by atoms with Crippen LogP contribution < -0.4 is 0 Å². The van der Waals surface area contributed by atoms with Gasteiger partial charge in [0, 0.05) is 12.8 Å². The van der Waals surface area contributed by atoms with Crippen LogP contribution in [0.2, 0.25) is 0 Å². The molecule has 0 radical (unpaired) electrons. The average Bonchev–Trinajstić information content (AvgIpc) is 2.22. The van der Waals surface area contributed by atoms with Crippen molar-refractivity contribution < 1.29 is 9.59 Å². The van der Waals surface area contributed by atoms with Crippen LogP contribution >= 0.6 is 23.2 Å². The lowest BCUT2D eigenvalue weighted by atomic mass is 9.99. The van der Waals surface area contributed by atoms with E-state index in [-0.39, 0.29) is 23.3 Å². The molecule has 0 aliphatic heterocycles. The summed E-state index contributed by atoms with van der Waals surface area (Å²) in [6.45, 7) is 7.55. The first-order valence-corrected chi connectivity index (χ1v) is 6.60. The molecule has 0 rings (SSSR count). The summed E-state index contributed by atoms with van der Waals surface area (Å²) in [6.07, 6.45) is 1.63. The zero-order valence-electron chi connectivity index (χ0n) is 11.3. The van der Waals surface area contributed by atoms with Crippen LogP contribution in [0.4, 0.5) is 0 Å². The molecule has 0 fully saturated rings. The van der Waals surface area contributed by atoms with Gasteiger partial charge < -0.3 is 0 Å². The molecule has 0 amide bonds. The average molecular weight is 295 g/mol. The fourth-order valence-electron chi connectivity index (χ4n) is 1.18. The van der Waals surface area contributed by atoms with Gasteiger partial charge in [0.1, 0.15) is 0 Å². The van der Waals surface area contributed by atoms with Gasteiger partial charge >= 0.3 is 0 Å². The summed E-state index contributed by atoms with van der Waals surface area (Å²) >= 11 is 10.6. The van der Waals surface area contributed by atoms with Gasteiger partial charge in [-0.05, 0) is 63.7 Å². The third kappa shape index (κ3) is 9.54. The lowest BCUT2D eigenvalue weighted by Gasteiger charge is -2.22. The molecule has 0 aliphatic carbocycles. The van der Waals surface area contributed by atoms with E-state index >= 15 is 0 Å². The Balaban J connectivity index is 4.40. The van der Waals surface area contributed by atoms with E-state index in [1.807, 2.05) is 27.7 Å². The van der Waals surface area contributed by atoms with Crippen molar-refractivity contribution in [3.05, 3.63) is 0 Å². The molecule has 0 saturated carbocycles. The van der Waals surface area contributed by atoms with E-state index in [1.165, 1.54) is 0 Å². The fraction of sp³-hybridized carbons (Fsp3) is 0.833. The van der Waals surface area contributed by atoms with Crippen LogP contribution in [0.25, 0.3) is 0 Å². The number of hydrogen-bond donors (Lipinski definition) is 0. The van der Waals surface area contributed by atoms with Crippen molar-refractivity contribution in [1.29, 1.82) is 0 Å². The number of azo groups is 1. The fourth-order valence-corrected chi connectivity index (χ4v) is 1.37. The van der Waals surface area contributed by atoms with Gasteiger partial charge in [0.15, 0.2) is 0 Å². The van der Waals surface area contributed by atoms with Crippen molar-refractivity contribution in [2.24, 2.45) is 10.2 Å². The summed E-state index contributed by atoms with van der Waals surface area (Å²) < 4.78 is 0. The first-order valence-electron chi connectivity index (χ1n) is 5.85. The predicted molar refractivity (Wildman–Crippen MR) is 73.2 cm³/mol. The number of nitrogens with zero attached hydrogens (tertiary/aromatic N) is 2. The Labute approximate surface area is 118 Å². The number of hydrogen-bond acceptors (Lipinski definition) is 4. The highest BCUT2D eigenvalue weighted by molar-refractivity contribution is 6.63. The second kappa shape index (κ2) is 7.19. The minimum Gasteiger partial charge on any atom is -0.281 e. The monoisotopic (exact) mass is 294 g/mol. The van der Waals surface area contributed by atoms with E-state index in [1.54, 1.807) is 0 Å². The molecule has 18 heavy (non-hydrogen) atoms.